The predicted molar refractivity (Wildman–Crippen MR) is 65.9 cm³/mol. The maximum Gasteiger partial charge on any atom is 0.227 e. The van der Waals surface area contributed by atoms with Crippen molar-refractivity contribution in [2.45, 2.75) is 32.4 Å². The van der Waals surface area contributed by atoms with Gasteiger partial charge < -0.3 is 20.1 Å². The van der Waals surface area contributed by atoms with Crippen molar-refractivity contribution in [3.8, 4) is 0 Å². The third-order valence-electron chi connectivity index (χ3n) is 3.03. The average Bonchev–Trinajstić information content (AvgIpc) is 2.75. The molecule has 1 heterocycles. The number of rotatable bonds is 7. The summed E-state index contributed by atoms with van der Waals surface area (Å²) in [7, 11) is 1.67. The number of carbonyl (C=O) groups is 1. The summed E-state index contributed by atoms with van der Waals surface area (Å²) >= 11 is 0. The van der Waals surface area contributed by atoms with Crippen molar-refractivity contribution < 1.29 is 14.3 Å². The van der Waals surface area contributed by atoms with Crippen LogP contribution in [0.25, 0.3) is 0 Å². The van der Waals surface area contributed by atoms with Gasteiger partial charge in [-0.15, -0.1) is 0 Å². The first-order valence-corrected chi connectivity index (χ1v) is 6.29. The molecule has 1 saturated heterocycles. The second-order valence-electron chi connectivity index (χ2n) is 4.50. The molecule has 0 aliphatic carbocycles. The molecule has 1 fully saturated rings. The van der Waals surface area contributed by atoms with Gasteiger partial charge in [0.2, 0.25) is 5.91 Å². The molecule has 0 aromatic heterocycles. The van der Waals surface area contributed by atoms with Gasteiger partial charge in [0.1, 0.15) is 0 Å². The summed E-state index contributed by atoms with van der Waals surface area (Å²) in [4.78, 5) is 12.0. The zero-order valence-electron chi connectivity index (χ0n) is 11.0. The van der Waals surface area contributed by atoms with E-state index in [-0.39, 0.29) is 23.9 Å². The second-order valence-corrected chi connectivity index (χ2v) is 4.50. The molecule has 100 valence electrons. The Kier molecular flexibility index (Phi) is 6.47. The number of methoxy groups -OCH3 is 1. The Morgan fingerprint density at radius 1 is 1.53 bits per heavy atom. The van der Waals surface area contributed by atoms with Crippen molar-refractivity contribution in [1.29, 1.82) is 0 Å². The van der Waals surface area contributed by atoms with Crippen LogP contribution >= 0.6 is 0 Å². The van der Waals surface area contributed by atoms with Crippen LogP contribution in [0.4, 0.5) is 0 Å². The van der Waals surface area contributed by atoms with Gasteiger partial charge in [0.15, 0.2) is 0 Å². The summed E-state index contributed by atoms with van der Waals surface area (Å²) in [5.41, 5.74) is 0. The van der Waals surface area contributed by atoms with Crippen LogP contribution in [0.15, 0.2) is 0 Å². The van der Waals surface area contributed by atoms with Gasteiger partial charge >= 0.3 is 0 Å². The first kappa shape index (κ1) is 14.4. The summed E-state index contributed by atoms with van der Waals surface area (Å²) in [6.45, 7) is 6.69. The summed E-state index contributed by atoms with van der Waals surface area (Å²) in [5.74, 6) is 0.0111. The Morgan fingerprint density at radius 2 is 2.29 bits per heavy atom. The molecule has 17 heavy (non-hydrogen) atoms. The monoisotopic (exact) mass is 244 g/mol. The van der Waals surface area contributed by atoms with Crippen molar-refractivity contribution in [3.05, 3.63) is 0 Å². The highest BCUT2D eigenvalue weighted by molar-refractivity contribution is 5.80. The van der Waals surface area contributed by atoms with E-state index in [2.05, 4.69) is 10.6 Å². The van der Waals surface area contributed by atoms with Crippen LogP contribution in [-0.2, 0) is 14.3 Å². The normalized spacial score (nSPS) is 25.8. The largest absolute Gasteiger partial charge is 0.385 e. The van der Waals surface area contributed by atoms with Gasteiger partial charge in [-0.2, -0.15) is 0 Å². The van der Waals surface area contributed by atoms with E-state index >= 15 is 0 Å². The van der Waals surface area contributed by atoms with Crippen LogP contribution in [0.1, 0.15) is 20.3 Å². The van der Waals surface area contributed by atoms with Gasteiger partial charge in [0.25, 0.3) is 0 Å². The molecule has 0 aromatic carbocycles. The average molecular weight is 244 g/mol. The van der Waals surface area contributed by atoms with Gasteiger partial charge in [-0.3, -0.25) is 4.79 Å². The van der Waals surface area contributed by atoms with E-state index in [9.17, 15) is 4.79 Å². The lowest BCUT2D eigenvalue weighted by molar-refractivity contribution is -0.126. The minimum atomic E-state index is -0.0695. The van der Waals surface area contributed by atoms with E-state index in [0.717, 1.165) is 13.0 Å². The summed E-state index contributed by atoms with van der Waals surface area (Å²) in [5, 5.41) is 6.29. The van der Waals surface area contributed by atoms with Crippen LogP contribution in [0, 0.1) is 5.92 Å². The minimum Gasteiger partial charge on any atom is -0.385 e. The number of nitrogens with one attached hydrogen (secondary N) is 2. The third kappa shape index (κ3) is 4.61. The molecular weight excluding hydrogens is 220 g/mol. The summed E-state index contributed by atoms with van der Waals surface area (Å²) in [6, 6.07) is 0.292. The number of hydrogen-bond acceptors (Lipinski definition) is 4. The van der Waals surface area contributed by atoms with Crippen molar-refractivity contribution in [3.63, 3.8) is 0 Å². The molecule has 0 bridgehead atoms. The molecule has 1 rings (SSSR count). The van der Waals surface area contributed by atoms with Crippen LogP contribution in [-0.4, -0.2) is 51.5 Å². The fourth-order valence-electron chi connectivity index (χ4n) is 1.99. The smallest absolute Gasteiger partial charge is 0.227 e. The molecule has 1 aliphatic heterocycles. The molecule has 3 atom stereocenters. The second kappa shape index (κ2) is 7.63. The topological polar surface area (TPSA) is 59.6 Å². The number of hydrogen-bond donors (Lipinski definition) is 2. The van der Waals surface area contributed by atoms with E-state index in [1.165, 1.54) is 0 Å². The molecule has 2 N–H and O–H groups in total. The zero-order valence-corrected chi connectivity index (χ0v) is 11.0. The van der Waals surface area contributed by atoms with Crippen molar-refractivity contribution in [1.82, 2.24) is 10.6 Å². The van der Waals surface area contributed by atoms with E-state index in [0.29, 0.717) is 19.8 Å². The van der Waals surface area contributed by atoms with Gasteiger partial charge in [0, 0.05) is 25.8 Å². The maximum atomic E-state index is 12.0. The molecule has 0 aromatic rings. The van der Waals surface area contributed by atoms with Gasteiger partial charge in [-0.25, -0.2) is 0 Å². The Hall–Kier alpha value is -0.650. The quantitative estimate of drug-likeness (QED) is 0.669. The zero-order chi connectivity index (χ0) is 12.7. The third-order valence-corrected chi connectivity index (χ3v) is 3.03. The molecule has 0 spiro atoms. The Bertz CT molecular complexity index is 236. The summed E-state index contributed by atoms with van der Waals surface area (Å²) < 4.78 is 10.3. The molecule has 1 amide bonds. The number of likely N-dealkylation sites (N-methyl/N-ethyl adjacent to an activating group) is 1. The van der Waals surface area contributed by atoms with Gasteiger partial charge in [0.05, 0.1) is 19.1 Å². The molecule has 5 nitrogen and oxygen atoms in total. The van der Waals surface area contributed by atoms with E-state index in [4.69, 9.17) is 9.47 Å². The fourth-order valence-corrected chi connectivity index (χ4v) is 1.99. The lowest BCUT2D eigenvalue weighted by Gasteiger charge is -2.20. The highest BCUT2D eigenvalue weighted by atomic mass is 16.5. The maximum absolute atomic E-state index is 12.0. The van der Waals surface area contributed by atoms with Gasteiger partial charge in [-0.05, 0) is 19.9 Å². The Morgan fingerprint density at radius 3 is 2.94 bits per heavy atom. The summed E-state index contributed by atoms with van der Waals surface area (Å²) in [6.07, 6.45) is 0.835. The predicted octanol–water partition coefficient (Wildman–Crippen LogP) is 0.152. The van der Waals surface area contributed by atoms with Crippen molar-refractivity contribution in [2.24, 2.45) is 5.92 Å². The van der Waals surface area contributed by atoms with Crippen LogP contribution < -0.4 is 10.6 Å². The lowest BCUT2D eigenvalue weighted by atomic mass is 10.0. The van der Waals surface area contributed by atoms with Crippen LogP contribution in [0.3, 0.4) is 0 Å². The molecule has 0 saturated carbocycles. The molecule has 5 heteroatoms. The fraction of sp³-hybridized carbons (Fsp3) is 0.917. The first-order valence-electron chi connectivity index (χ1n) is 6.29. The highest BCUT2D eigenvalue weighted by Gasteiger charge is 2.33. The standard InChI is InChI=1S/C12H24N2O3/c1-4-13-11-8-17-7-10(11)12(15)14-9(2)5-6-16-3/h9-11,13H,4-8H2,1-3H3,(H,14,15). The minimum absolute atomic E-state index is 0.0695. The van der Waals surface area contributed by atoms with Crippen molar-refractivity contribution >= 4 is 5.91 Å². The highest BCUT2D eigenvalue weighted by Crippen LogP contribution is 2.14. The van der Waals surface area contributed by atoms with Crippen molar-refractivity contribution in [2.75, 3.05) is 33.5 Å². The SMILES string of the molecule is CCNC1COCC1C(=O)NC(C)CCOC. The molecule has 0 radical (unpaired) electrons. The first-order chi connectivity index (χ1) is 8.19. The van der Waals surface area contributed by atoms with E-state index in [1.54, 1.807) is 7.11 Å². The number of carbonyl (C=O) groups excluding carboxylic acids is 1. The Balaban J connectivity index is 2.35. The lowest BCUT2D eigenvalue weighted by Crippen LogP contribution is -2.46. The van der Waals surface area contributed by atoms with Crippen LogP contribution in [0.5, 0.6) is 0 Å². The molecular formula is C12H24N2O3. The van der Waals surface area contributed by atoms with E-state index < -0.39 is 0 Å². The number of amides is 1. The van der Waals surface area contributed by atoms with Gasteiger partial charge in [-0.1, -0.05) is 6.92 Å². The van der Waals surface area contributed by atoms with Crippen LogP contribution in [0.2, 0.25) is 0 Å². The molecule has 1 aliphatic rings. The number of ether oxygens (including phenoxy) is 2. The molecule has 3 unspecified atom stereocenters. The van der Waals surface area contributed by atoms with E-state index in [1.807, 2.05) is 13.8 Å². The Labute approximate surface area is 103 Å².